The molecule has 90 valence electrons. The number of furan rings is 1. The Labute approximate surface area is 103 Å². The maximum atomic E-state index is 12.8. The van der Waals surface area contributed by atoms with E-state index in [1.165, 1.54) is 6.07 Å². The van der Waals surface area contributed by atoms with Gasteiger partial charge < -0.3 is 9.73 Å². The van der Waals surface area contributed by atoms with Crippen LogP contribution in [0.25, 0.3) is 0 Å². The molecule has 0 saturated heterocycles. The topological polar surface area (TPSA) is 38.1 Å². The molecule has 0 aliphatic carbocycles. The van der Waals surface area contributed by atoms with Gasteiger partial charge in [-0.2, -0.15) is 16.2 Å². The van der Waals surface area contributed by atoms with Gasteiger partial charge in [0, 0.05) is 0 Å². The van der Waals surface area contributed by atoms with E-state index in [4.69, 9.17) is 4.42 Å². The molecule has 2 aromatic heterocycles. The van der Waals surface area contributed by atoms with Gasteiger partial charge in [-0.15, -0.1) is 0 Å². The zero-order valence-corrected chi connectivity index (χ0v) is 10.3. The Hall–Kier alpha value is -1.49. The second kappa shape index (κ2) is 5.72. The van der Waals surface area contributed by atoms with Crippen LogP contribution in [0.2, 0.25) is 0 Å². The number of nitrogens with zero attached hydrogens (tertiary/aromatic N) is 1. The summed E-state index contributed by atoms with van der Waals surface area (Å²) in [5, 5.41) is 3.01. The van der Waals surface area contributed by atoms with Crippen LogP contribution in [-0.2, 0) is 12.3 Å². The lowest BCUT2D eigenvalue weighted by molar-refractivity contribution is 0.487. The van der Waals surface area contributed by atoms with Gasteiger partial charge in [0.25, 0.3) is 0 Å². The average Bonchev–Trinajstić information content (AvgIpc) is 2.75. The molecule has 0 bridgehead atoms. The highest BCUT2D eigenvalue weighted by Gasteiger charge is 2.02. The average molecular weight is 252 g/mol. The minimum absolute atomic E-state index is 0.488. The number of aromatic nitrogens is 1. The third kappa shape index (κ3) is 3.49. The molecular formula is C12H13FN2OS. The number of hydrogen-bond acceptors (Lipinski definition) is 4. The number of rotatable bonds is 5. The maximum Gasteiger partial charge on any atom is 0.214 e. The first kappa shape index (κ1) is 12.0. The lowest BCUT2D eigenvalue weighted by atomic mass is 10.4. The van der Waals surface area contributed by atoms with Gasteiger partial charge in [0.15, 0.2) is 0 Å². The highest BCUT2D eigenvalue weighted by molar-refractivity contribution is 7.97. The Bertz CT molecular complexity index is 487. The largest absolute Gasteiger partial charge is 0.463 e. The van der Waals surface area contributed by atoms with E-state index in [1.807, 2.05) is 18.4 Å². The van der Waals surface area contributed by atoms with E-state index in [0.717, 1.165) is 17.3 Å². The summed E-state index contributed by atoms with van der Waals surface area (Å²) >= 11 is 1.71. The zero-order chi connectivity index (χ0) is 12.1. The first-order chi connectivity index (χ1) is 8.28. The van der Waals surface area contributed by atoms with E-state index in [1.54, 1.807) is 23.9 Å². The van der Waals surface area contributed by atoms with E-state index >= 15 is 0 Å². The lowest BCUT2D eigenvalue weighted by Gasteiger charge is -2.02. The molecule has 0 amide bonds. The highest BCUT2D eigenvalue weighted by atomic mass is 32.2. The Kier molecular flexibility index (Phi) is 4.03. The van der Waals surface area contributed by atoms with Gasteiger partial charge in [0.2, 0.25) is 5.95 Å². The van der Waals surface area contributed by atoms with E-state index in [9.17, 15) is 4.39 Å². The predicted molar refractivity (Wildman–Crippen MR) is 67.4 cm³/mol. The Morgan fingerprint density at radius 2 is 2.12 bits per heavy atom. The summed E-state index contributed by atoms with van der Waals surface area (Å²) in [6.45, 7) is 0.505. The summed E-state index contributed by atoms with van der Waals surface area (Å²) in [7, 11) is 0. The fourth-order valence-corrected chi connectivity index (χ4v) is 1.86. The number of nitrogens with one attached hydrogen (secondary N) is 1. The van der Waals surface area contributed by atoms with Gasteiger partial charge >= 0.3 is 0 Å². The first-order valence-corrected chi connectivity index (χ1v) is 6.60. The van der Waals surface area contributed by atoms with E-state index in [0.29, 0.717) is 12.4 Å². The normalized spacial score (nSPS) is 10.5. The lowest BCUT2D eigenvalue weighted by Crippen LogP contribution is -2.00. The summed E-state index contributed by atoms with van der Waals surface area (Å²) in [5.41, 5.74) is 0. The van der Waals surface area contributed by atoms with Crippen molar-refractivity contribution in [3.63, 3.8) is 0 Å². The van der Waals surface area contributed by atoms with Crippen LogP contribution in [0, 0.1) is 5.95 Å². The molecule has 0 unspecified atom stereocenters. The van der Waals surface area contributed by atoms with Crippen LogP contribution >= 0.6 is 11.8 Å². The molecule has 0 aliphatic rings. The van der Waals surface area contributed by atoms with Crippen LogP contribution in [-0.4, -0.2) is 11.2 Å². The van der Waals surface area contributed by atoms with Gasteiger partial charge in [0.1, 0.15) is 17.3 Å². The molecule has 2 aromatic rings. The molecule has 0 atom stereocenters. The molecule has 0 spiro atoms. The van der Waals surface area contributed by atoms with Crippen LogP contribution in [0.4, 0.5) is 10.2 Å². The Morgan fingerprint density at radius 1 is 1.29 bits per heavy atom. The van der Waals surface area contributed by atoms with Crippen molar-refractivity contribution >= 4 is 17.6 Å². The number of pyridine rings is 1. The van der Waals surface area contributed by atoms with Crippen LogP contribution < -0.4 is 5.32 Å². The molecule has 0 aliphatic heterocycles. The van der Waals surface area contributed by atoms with Crippen molar-refractivity contribution in [3.05, 3.63) is 47.8 Å². The summed E-state index contributed by atoms with van der Waals surface area (Å²) in [5.74, 6) is 2.64. The molecule has 0 aromatic carbocycles. The van der Waals surface area contributed by atoms with Gasteiger partial charge in [-0.25, -0.2) is 4.98 Å². The second-order valence-corrected chi connectivity index (χ2v) is 4.37. The van der Waals surface area contributed by atoms with Crippen molar-refractivity contribution in [1.29, 1.82) is 0 Å². The van der Waals surface area contributed by atoms with Crippen LogP contribution in [0.3, 0.4) is 0 Å². The molecule has 2 heterocycles. The number of thioether (sulfide) groups is 1. The first-order valence-electron chi connectivity index (χ1n) is 5.21. The van der Waals surface area contributed by atoms with Gasteiger partial charge in [-0.3, -0.25) is 0 Å². The summed E-state index contributed by atoms with van der Waals surface area (Å²) < 4.78 is 18.4. The minimum atomic E-state index is -0.488. The molecule has 17 heavy (non-hydrogen) atoms. The molecular weight excluding hydrogens is 239 g/mol. The van der Waals surface area contributed by atoms with Crippen molar-refractivity contribution in [2.75, 3.05) is 11.6 Å². The SMILES string of the molecule is CSCc1ccc(CNc2cccc(F)n2)o1. The van der Waals surface area contributed by atoms with E-state index < -0.39 is 5.95 Å². The quantitative estimate of drug-likeness (QED) is 0.829. The predicted octanol–water partition coefficient (Wildman–Crippen LogP) is 3.29. The standard InChI is InChI=1S/C12H13FN2OS/c1-17-8-10-6-5-9(16-10)7-14-12-4-2-3-11(13)15-12/h2-6H,7-8H2,1H3,(H,14,15). The van der Waals surface area contributed by atoms with Crippen LogP contribution in [0.15, 0.2) is 34.7 Å². The Balaban J connectivity index is 1.93. The van der Waals surface area contributed by atoms with Gasteiger partial charge in [0.05, 0.1) is 12.3 Å². The smallest absolute Gasteiger partial charge is 0.214 e. The third-order valence-corrected chi connectivity index (χ3v) is 2.74. The summed E-state index contributed by atoms with van der Waals surface area (Å²) in [4.78, 5) is 3.71. The molecule has 1 N–H and O–H groups in total. The molecule has 2 rings (SSSR count). The number of anilines is 1. The molecule has 0 saturated carbocycles. The Morgan fingerprint density at radius 3 is 2.88 bits per heavy atom. The molecule has 3 nitrogen and oxygen atoms in total. The van der Waals surface area contributed by atoms with E-state index in [2.05, 4.69) is 10.3 Å². The van der Waals surface area contributed by atoms with Crippen LogP contribution in [0.1, 0.15) is 11.5 Å². The molecule has 0 fully saturated rings. The van der Waals surface area contributed by atoms with Crippen molar-refractivity contribution in [2.45, 2.75) is 12.3 Å². The monoisotopic (exact) mass is 252 g/mol. The van der Waals surface area contributed by atoms with Crippen molar-refractivity contribution in [1.82, 2.24) is 4.98 Å². The fourth-order valence-electron chi connectivity index (χ4n) is 1.42. The zero-order valence-electron chi connectivity index (χ0n) is 9.44. The summed E-state index contributed by atoms with van der Waals surface area (Å²) in [6.07, 6.45) is 2.02. The minimum Gasteiger partial charge on any atom is -0.463 e. The second-order valence-electron chi connectivity index (χ2n) is 3.50. The van der Waals surface area contributed by atoms with E-state index in [-0.39, 0.29) is 0 Å². The summed E-state index contributed by atoms with van der Waals surface area (Å²) in [6, 6.07) is 8.51. The van der Waals surface area contributed by atoms with Crippen LogP contribution in [0.5, 0.6) is 0 Å². The highest BCUT2D eigenvalue weighted by Crippen LogP contribution is 2.14. The van der Waals surface area contributed by atoms with Gasteiger partial charge in [-0.05, 0) is 30.5 Å². The number of hydrogen-bond donors (Lipinski definition) is 1. The molecule has 5 heteroatoms. The maximum absolute atomic E-state index is 12.8. The fraction of sp³-hybridized carbons (Fsp3) is 0.250. The van der Waals surface area contributed by atoms with Crippen molar-refractivity contribution in [3.8, 4) is 0 Å². The van der Waals surface area contributed by atoms with Crippen molar-refractivity contribution < 1.29 is 8.81 Å². The number of halogens is 1. The van der Waals surface area contributed by atoms with Crippen molar-refractivity contribution in [2.24, 2.45) is 0 Å². The molecule has 0 radical (unpaired) electrons. The van der Waals surface area contributed by atoms with Gasteiger partial charge in [-0.1, -0.05) is 6.07 Å². The third-order valence-electron chi connectivity index (χ3n) is 2.16.